The van der Waals surface area contributed by atoms with Gasteiger partial charge in [-0.3, -0.25) is 0 Å². The van der Waals surface area contributed by atoms with Gasteiger partial charge in [0.25, 0.3) is 0 Å². The van der Waals surface area contributed by atoms with Crippen molar-refractivity contribution in [2.45, 2.75) is 33.2 Å². The maximum atomic E-state index is 5.90. The van der Waals surface area contributed by atoms with Gasteiger partial charge in [0.05, 0.1) is 13.7 Å². The molecule has 0 aliphatic rings. The predicted molar refractivity (Wildman–Crippen MR) is 101 cm³/mol. The molecule has 0 atom stereocenters. The van der Waals surface area contributed by atoms with Gasteiger partial charge in [-0.1, -0.05) is 30.7 Å². The fourth-order valence-corrected chi connectivity index (χ4v) is 2.53. The number of hydrogen-bond acceptors (Lipinski definition) is 3. The van der Waals surface area contributed by atoms with Crippen LogP contribution in [0.4, 0.5) is 5.69 Å². The molecule has 0 aliphatic carbocycles. The quantitative estimate of drug-likeness (QED) is 0.648. The summed E-state index contributed by atoms with van der Waals surface area (Å²) in [7, 11) is 1.68. The Labute approximate surface area is 145 Å². The molecule has 0 saturated carbocycles. The average Bonchev–Trinajstić information content (AvgIpc) is 2.60. The van der Waals surface area contributed by atoms with E-state index in [-0.39, 0.29) is 0 Å². The van der Waals surface area contributed by atoms with E-state index in [2.05, 4.69) is 56.1 Å². The van der Waals surface area contributed by atoms with Gasteiger partial charge in [-0.25, -0.2) is 0 Å². The molecule has 2 aromatic rings. The van der Waals surface area contributed by atoms with Crippen LogP contribution in [0, 0.1) is 6.92 Å². The molecule has 3 heteroatoms. The Morgan fingerprint density at radius 3 is 2.54 bits per heavy atom. The molecule has 1 N–H and O–H groups in total. The molecule has 2 aromatic carbocycles. The third-order valence-electron chi connectivity index (χ3n) is 3.77. The summed E-state index contributed by atoms with van der Waals surface area (Å²) in [6.07, 6.45) is 3.62. The van der Waals surface area contributed by atoms with Gasteiger partial charge in [0, 0.05) is 17.8 Å². The van der Waals surface area contributed by atoms with Crippen molar-refractivity contribution in [2.75, 3.05) is 19.0 Å². The minimum absolute atomic E-state index is 0.682. The zero-order valence-corrected chi connectivity index (χ0v) is 14.9. The number of anilines is 1. The van der Waals surface area contributed by atoms with Gasteiger partial charge in [-0.05, 0) is 49.6 Å². The number of allylic oxidation sites excluding steroid dienone is 1. The fourth-order valence-electron chi connectivity index (χ4n) is 2.53. The molecule has 0 bridgehead atoms. The molecular formula is C21H27NO2. The van der Waals surface area contributed by atoms with Crippen LogP contribution < -0.4 is 14.8 Å². The van der Waals surface area contributed by atoms with Crippen molar-refractivity contribution in [1.29, 1.82) is 0 Å². The summed E-state index contributed by atoms with van der Waals surface area (Å²) in [6, 6.07) is 12.6. The Hall–Kier alpha value is -2.42. The van der Waals surface area contributed by atoms with Crippen molar-refractivity contribution in [3.8, 4) is 11.5 Å². The minimum atomic E-state index is 0.682. The van der Waals surface area contributed by atoms with E-state index in [1.54, 1.807) is 7.11 Å². The lowest BCUT2D eigenvalue weighted by Gasteiger charge is -2.17. The third kappa shape index (κ3) is 4.79. The lowest BCUT2D eigenvalue weighted by molar-refractivity contribution is 0.291. The highest BCUT2D eigenvalue weighted by atomic mass is 16.5. The van der Waals surface area contributed by atoms with E-state index in [0.717, 1.165) is 47.7 Å². The smallest absolute Gasteiger partial charge is 0.164 e. The first-order chi connectivity index (χ1) is 11.7. The largest absolute Gasteiger partial charge is 0.493 e. The molecule has 0 aromatic heterocycles. The van der Waals surface area contributed by atoms with Crippen molar-refractivity contribution in [3.05, 3.63) is 65.7 Å². The molecular weight excluding hydrogens is 298 g/mol. The maximum absolute atomic E-state index is 5.90. The summed E-state index contributed by atoms with van der Waals surface area (Å²) < 4.78 is 11.4. The summed E-state index contributed by atoms with van der Waals surface area (Å²) >= 11 is 0. The van der Waals surface area contributed by atoms with E-state index < -0.39 is 0 Å². The van der Waals surface area contributed by atoms with Gasteiger partial charge in [-0.2, -0.15) is 0 Å². The highest BCUT2D eigenvalue weighted by molar-refractivity contribution is 5.52. The lowest BCUT2D eigenvalue weighted by atomic mass is 10.1. The molecule has 0 spiro atoms. The molecule has 24 heavy (non-hydrogen) atoms. The zero-order chi connectivity index (χ0) is 17.4. The molecule has 0 amide bonds. The predicted octanol–water partition coefficient (Wildman–Crippen LogP) is 5.13. The monoisotopic (exact) mass is 325 g/mol. The minimum Gasteiger partial charge on any atom is -0.493 e. The van der Waals surface area contributed by atoms with E-state index in [4.69, 9.17) is 9.47 Å². The highest BCUT2D eigenvalue weighted by Gasteiger charge is 2.12. The molecule has 0 radical (unpaired) electrons. The van der Waals surface area contributed by atoms with Crippen LogP contribution in [0.25, 0.3) is 0 Å². The van der Waals surface area contributed by atoms with Gasteiger partial charge >= 0.3 is 0 Å². The lowest BCUT2D eigenvalue weighted by Crippen LogP contribution is -2.05. The van der Waals surface area contributed by atoms with Gasteiger partial charge in [0.15, 0.2) is 11.5 Å². The second kappa shape index (κ2) is 9.02. The van der Waals surface area contributed by atoms with Crippen molar-refractivity contribution in [2.24, 2.45) is 0 Å². The van der Waals surface area contributed by atoms with Crippen LogP contribution in [0.15, 0.2) is 49.1 Å². The van der Waals surface area contributed by atoms with Crippen LogP contribution in [-0.4, -0.2) is 13.7 Å². The number of hydrogen-bond donors (Lipinski definition) is 1. The first-order valence-corrected chi connectivity index (χ1v) is 8.42. The van der Waals surface area contributed by atoms with E-state index in [1.165, 1.54) is 5.56 Å². The summed E-state index contributed by atoms with van der Waals surface area (Å²) in [5.41, 5.74) is 4.63. The number of benzene rings is 2. The van der Waals surface area contributed by atoms with Crippen molar-refractivity contribution in [3.63, 3.8) is 0 Å². The van der Waals surface area contributed by atoms with E-state index in [9.17, 15) is 0 Å². The normalized spacial score (nSPS) is 10.3. The molecule has 3 nitrogen and oxygen atoms in total. The Morgan fingerprint density at radius 1 is 1.17 bits per heavy atom. The fraction of sp³-hybridized carbons (Fsp3) is 0.333. The van der Waals surface area contributed by atoms with Crippen LogP contribution in [0.2, 0.25) is 0 Å². The Kier molecular flexibility index (Phi) is 6.74. The first kappa shape index (κ1) is 17.9. The van der Waals surface area contributed by atoms with Gasteiger partial charge in [-0.15, -0.1) is 6.58 Å². The molecule has 0 saturated heterocycles. The molecule has 0 aliphatic heterocycles. The number of ether oxygens (including phenoxy) is 2. The third-order valence-corrected chi connectivity index (χ3v) is 3.77. The Morgan fingerprint density at radius 2 is 1.92 bits per heavy atom. The molecule has 128 valence electrons. The van der Waals surface area contributed by atoms with Crippen LogP contribution in [0.5, 0.6) is 11.5 Å². The molecule has 0 unspecified atom stereocenters. The van der Waals surface area contributed by atoms with Crippen LogP contribution in [0.3, 0.4) is 0 Å². The van der Waals surface area contributed by atoms with Crippen LogP contribution >= 0.6 is 0 Å². The van der Waals surface area contributed by atoms with Crippen molar-refractivity contribution in [1.82, 2.24) is 0 Å². The van der Waals surface area contributed by atoms with Gasteiger partial charge in [0.1, 0.15) is 0 Å². The first-order valence-electron chi connectivity index (χ1n) is 8.42. The summed E-state index contributed by atoms with van der Waals surface area (Å²) in [4.78, 5) is 0. The second-order valence-corrected chi connectivity index (χ2v) is 5.85. The van der Waals surface area contributed by atoms with Crippen molar-refractivity contribution >= 4 is 5.69 Å². The topological polar surface area (TPSA) is 30.5 Å². The van der Waals surface area contributed by atoms with E-state index in [0.29, 0.717) is 6.61 Å². The van der Waals surface area contributed by atoms with E-state index >= 15 is 0 Å². The molecule has 0 heterocycles. The van der Waals surface area contributed by atoms with E-state index in [1.807, 2.05) is 12.1 Å². The average molecular weight is 325 g/mol. The maximum Gasteiger partial charge on any atom is 0.164 e. The zero-order valence-electron chi connectivity index (χ0n) is 14.9. The molecule has 0 fully saturated rings. The number of nitrogens with one attached hydrogen (secondary N) is 1. The molecule has 2 rings (SSSR count). The summed E-state index contributed by atoms with van der Waals surface area (Å²) in [5.74, 6) is 1.61. The Balaban J connectivity index is 2.21. The standard InChI is InChI=1S/C21H27NO2/c1-5-7-18-13-17(14-20(23-4)21(18)24-12-6-2)15-22-19-10-8-16(3)9-11-19/h5,8-11,13-14,22H,1,6-7,12,15H2,2-4H3. The summed E-state index contributed by atoms with van der Waals surface area (Å²) in [6.45, 7) is 9.45. The SMILES string of the molecule is C=CCc1cc(CNc2ccc(C)cc2)cc(OC)c1OCCC. The second-order valence-electron chi connectivity index (χ2n) is 5.85. The van der Waals surface area contributed by atoms with Gasteiger partial charge in [0.2, 0.25) is 0 Å². The van der Waals surface area contributed by atoms with Crippen molar-refractivity contribution < 1.29 is 9.47 Å². The number of aryl methyl sites for hydroxylation is 1. The number of rotatable bonds is 9. The Bertz CT molecular complexity index is 662. The highest BCUT2D eigenvalue weighted by Crippen LogP contribution is 2.34. The van der Waals surface area contributed by atoms with Crippen LogP contribution in [-0.2, 0) is 13.0 Å². The number of methoxy groups -OCH3 is 1. The van der Waals surface area contributed by atoms with Crippen LogP contribution in [0.1, 0.15) is 30.0 Å². The summed E-state index contributed by atoms with van der Waals surface area (Å²) in [5, 5.41) is 3.45. The van der Waals surface area contributed by atoms with Gasteiger partial charge < -0.3 is 14.8 Å².